The lowest BCUT2D eigenvalue weighted by Gasteiger charge is -2.41. The molecule has 1 aliphatic heterocycles. The minimum atomic E-state index is -1.04. The van der Waals surface area contributed by atoms with E-state index in [1.165, 1.54) is 0 Å². The van der Waals surface area contributed by atoms with E-state index in [0.29, 0.717) is 6.54 Å². The van der Waals surface area contributed by atoms with Gasteiger partial charge in [-0.05, 0) is 0 Å². The molecule has 1 aliphatic rings. The third-order valence-corrected chi connectivity index (χ3v) is 2.71. The highest BCUT2D eigenvalue weighted by molar-refractivity contribution is 4.89. The Morgan fingerprint density at radius 1 is 1.40 bits per heavy atom. The van der Waals surface area contributed by atoms with Crippen LogP contribution in [0.25, 0.3) is 0 Å². The average Bonchev–Trinajstić information content (AvgIpc) is 2.25. The molecule has 0 bridgehead atoms. The highest BCUT2D eigenvalue weighted by Gasteiger charge is 2.41. The molecule has 5 nitrogen and oxygen atoms in total. The second-order valence-corrected chi connectivity index (χ2v) is 3.81. The van der Waals surface area contributed by atoms with Crippen LogP contribution in [0.4, 0.5) is 0 Å². The lowest BCUT2D eigenvalue weighted by molar-refractivity contribution is -0.212. The Labute approximate surface area is 89.4 Å². The zero-order valence-electron chi connectivity index (χ0n) is 8.84. The summed E-state index contributed by atoms with van der Waals surface area (Å²) in [6, 6.07) is 0. The molecule has 5 atom stereocenters. The number of ether oxygens (including phenoxy) is 1. The Balaban J connectivity index is 2.60. The summed E-state index contributed by atoms with van der Waals surface area (Å²) in [5.74, 6) is -0.234. The molecule has 1 fully saturated rings. The molecule has 0 aromatic heterocycles. The maximum absolute atomic E-state index is 9.71. The standard InChI is InChI=1S/C10H19NO4/c1-3-4-11-10-6(2)8(13)9(14)7(5-12)15-10/h3,6-14H,1,4-5H2,2H3/t6?,7?,8-,9-,10?/m1/s1. The van der Waals surface area contributed by atoms with E-state index in [2.05, 4.69) is 11.9 Å². The molecule has 5 heteroatoms. The smallest absolute Gasteiger partial charge is 0.114 e. The topological polar surface area (TPSA) is 82.0 Å². The lowest BCUT2D eigenvalue weighted by atomic mass is 9.91. The predicted octanol–water partition coefficient (Wildman–Crippen LogP) is -1.16. The highest BCUT2D eigenvalue weighted by atomic mass is 16.5. The number of nitrogens with one attached hydrogen (secondary N) is 1. The van der Waals surface area contributed by atoms with Crippen LogP contribution in [-0.2, 0) is 4.74 Å². The Hall–Kier alpha value is -0.460. The Bertz CT molecular complexity index is 210. The molecule has 0 aromatic carbocycles. The Kier molecular flexibility index (Phi) is 4.69. The summed E-state index contributed by atoms with van der Waals surface area (Å²) in [6.07, 6.45) is -1.36. The van der Waals surface area contributed by atoms with Crippen molar-refractivity contribution in [3.05, 3.63) is 12.7 Å². The van der Waals surface area contributed by atoms with Crippen molar-refractivity contribution in [1.82, 2.24) is 5.32 Å². The van der Waals surface area contributed by atoms with Crippen molar-refractivity contribution >= 4 is 0 Å². The minimum Gasteiger partial charge on any atom is -0.394 e. The van der Waals surface area contributed by atoms with Crippen LogP contribution in [0.15, 0.2) is 12.7 Å². The quantitative estimate of drug-likeness (QED) is 0.446. The second kappa shape index (κ2) is 5.58. The van der Waals surface area contributed by atoms with Gasteiger partial charge in [-0.3, -0.25) is 5.32 Å². The molecule has 0 aromatic rings. The van der Waals surface area contributed by atoms with Gasteiger partial charge in [0.15, 0.2) is 0 Å². The van der Waals surface area contributed by atoms with Crippen LogP contribution in [0.2, 0.25) is 0 Å². The first-order valence-electron chi connectivity index (χ1n) is 5.08. The zero-order valence-corrected chi connectivity index (χ0v) is 8.84. The maximum Gasteiger partial charge on any atom is 0.114 e. The van der Waals surface area contributed by atoms with Crippen molar-refractivity contribution in [2.75, 3.05) is 13.2 Å². The van der Waals surface area contributed by atoms with E-state index < -0.39 is 18.3 Å². The fourth-order valence-electron chi connectivity index (χ4n) is 1.69. The predicted molar refractivity (Wildman–Crippen MR) is 55.1 cm³/mol. The summed E-state index contributed by atoms with van der Waals surface area (Å²) in [7, 11) is 0. The SMILES string of the molecule is C=CCNC1OC(CO)[C@@H](O)[C@H](O)C1C. The molecular weight excluding hydrogens is 198 g/mol. The van der Waals surface area contributed by atoms with Crippen molar-refractivity contribution in [2.24, 2.45) is 5.92 Å². The Morgan fingerprint density at radius 3 is 2.60 bits per heavy atom. The summed E-state index contributed by atoms with van der Waals surface area (Å²) in [5, 5.41) is 31.3. The van der Waals surface area contributed by atoms with Gasteiger partial charge in [-0.15, -0.1) is 6.58 Å². The van der Waals surface area contributed by atoms with Crippen molar-refractivity contribution in [3.63, 3.8) is 0 Å². The lowest BCUT2D eigenvalue weighted by Crippen LogP contribution is -2.58. The molecule has 0 aliphatic carbocycles. The van der Waals surface area contributed by atoms with Gasteiger partial charge < -0.3 is 20.1 Å². The van der Waals surface area contributed by atoms with Crippen LogP contribution in [0.5, 0.6) is 0 Å². The molecule has 15 heavy (non-hydrogen) atoms. The molecule has 0 amide bonds. The minimum absolute atomic E-state index is 0.234. The number of rotatable bonds is 4. The van der Waals surface area contributed by atoms with Crippen molar-refractivity contribution in [1.29, 1.82) is 0 Å². The first-order chi connectivity index (χ1) is 7.11. The number of aliphatic hydroxyl groups excluding tert-OH is 3. The third-order valence-electron chi connectivity index (χ3n) is 2.71. The first-order valence-corrected chi connectivity index (χ1v) is 5.08. The Morgan fingerprint density at radius 2 is 2.07 bits per heavy atom. The van der Waals surface area contributed by atoms with Gasteiger partial charge in [0.1, 0.15) is 18.4 Å². The third kappa shape index (κ3) is 2.76. The van der Waals surface area contributed by atoms with Crippen LogP contribution >= 0.6 is 0 Å². The molecule has 0 radical (unpaired) electrons. The summed E-state index contributed by atoms with van der Waals surface area (Å²) in [4.78, 5) is 0. The molecule has 4 N–H and O–H groups in total. The molecule has 3 unspecified atom stereocenters. The van der Waals surface area contributed by atoms with Crippen LogP contribution in [0.1, 0.15) is 6.92 Å². The van der Waals surface area contributed by atoms with E-state index in [-0.39, 0.29) is 18.8 Å². The van der Waals surface area contributed by atoms with Gasteiger partial charge in [-0.25, -0.2) is 0 Å². The van der Waals surface area contributed by atoms with E-state index in [4.69, 9.17) is 9.84 Å². The summed E-state index contributed by atoms with van der Waals surface area (Å²) in [6.45, 7) is 5.59. The van der Waals surface area contributed by atoms with E-state index in [1.807, 2.05) is 0 Å². The van der Waals surface area contributed by atoms with Gasteiger partial charge in [0.05, 0.1) is 12.7 Å². The first kappa shape index (κ1) is 12.6. The van der Waals surface area contributed by atoms with Crippen molar-refractivity contribution in [2.45, 2.75) is 31.5 Å². The normalized spacial score (nSPS) is 41.5. The van der Waals surface area contributed by atoms with Crippen molar-refractivity contribution < 1.29 is 20.1 Å². The molecule has 1 rings (SSSR count). The van der Waals surface area contributed by atoms with Gasteiger partial charge in [-0.2, -0.15) is 0 Å². The number of hydrogen-bond donors (Lipinski definition) is 4. The highest BCUT2D eigenvalue weighted by Crippen LogP contribution is 2.24. The summed E-state index contributed by atoms with van der Waals surface area (Å²) >= 11 is 0. The largest absolute Gasteiger partial charge is 0.394 e. The number of hydrogen-bond acceptors (Lipinski definition) is 5. The van der Waals surface area contributed by atoms with E-state index in [0.717, 1.165) is 0 Å². The average molecular weight is 217 g/mol. The van der Waals surface area contributed by atoms with E-state index >= 15 is 0 Å². The van der Waals surface area contributed by atoms with E-state index in [9.17, 15) is 10.2 Å². The molecule has 88 valence electrons. The van der Waals surface area contributed by atoms with Crippen LogP contribution in [-0.4, -0.2) is 53.0 Å². The summed E-state index contributed by atoms with van der Waals surface area (Å²) in [5.41, 5.74) is 0. The van der Waals surface area contributed by atoms with E-state index in [1.54, 1.807) is 13.0 Å². The molecule has 1 saturated heterocycles. The van der Waals surface area contributed by atoms with Gasteiger partial charge in [0.2, 0.25) is 0 Å². The molecule has 0 spiro atoms. The van der Waals surface area contributed by atoms with Gasteiger partial charge in [0.25, 0.3) is 0 Å². The van der Waals surface area contributed by atoms with Crippen LogP contribution in [0.3, 0.4) is 0 Å². The number of aliphatic hydroxyl groups is 3. The fraction of sp³-hybridized carbons (Fsp3) is 0.800. The van der Waals surface area contributed by atoms with Crippen LogP contribution < -0.4 is 5.32 Å². The fourth-order valence-corrected chi connectivity index (χ4v) is 1.69. The van der Waals surface area contributed by atoms with Crippen LogP contribution in [0, 0.1) is 5.92 Å². The molecule has 0 saturated carbocycles. The second-order valence-electron chi connectivity index (χ2n) is 3.81. The maximum atomic E-state index is 9.71. The zero-order chi connectivity index (χ0) is 11.4. The van der Waals surface area contributed by atoms with Gasteiger partial charge in [0, 0.05) is 12.5 Å². The van der Waals surface area contributed by atoms with Crippen molar-refractivity contribution in [3.8, 4) is 0 Å². The van der Waals surface area contributed by atoms with Gasteiger partial charge >= 0.3 is 0 Å². The summed E-state index contributed by atoms with van der Waals surface area (Å²) < 4.78 is 5.41. The monoisotopic (exact) mass is 217 g/mol. The molecule has 1 heterocycles. The van der Waals surface area contributed by atoms with Gasteiger partial charge in [-0.1, -0.05) is 13.0 Å². The molecular formula is C10H19NO4.